The van der Waals surface area contributed by atoms with Crippen LogP contribution >= 0.6 is 0 Å². The van der Waals surface area contributed by atoms with E-state index in [9.17, 15) is 0 Å². The molecule has 106 valence electrons. The lowest BCUT2D eigenvalue weighted by atomic mass is 9.73. The Kier molecular flexibility index (Phi) is 3.79. The Morgan fingerprint density at radius 1 is 0.789 bits per heavy atom. The van der Waals surface area contributed by atoms with Crippen LogP contribution in [0.5, 0.6) is 0 Å². The van der Waals surface area contributed by atoms with E-state index >= 15 is 0 Å². The third kappa shape index (κ3) is 2.23. The minimum absolute atomic E-state index is 0.188. The van der Waals surface area contributed by atoms with E-state index in [0.29, 0.717) is 5.41 Å². The van der Waals surface area contributed by atoms with Gasteiger partial charge in [-0.1, -0.05) is 19.8 Å². The molecule has 1 aromatic rings. The molecule has 1 nitrogen and oxygen atoms in total. The molecule has 0 bridgehead atoms. The Morgan fingerprint density at radius 2 is 1.16 bits per heavy atom. The number of rotatable bonds is 2. The van der Waals surface area contributed by atoms with Crippen LogP contribution in [0, 0.1) is 40.0 Å². The largest absolute Gasteiger partial charge is 0.323 e. The summed E-state index contributed by atoms with van der Waals surface area (Å²) in [6.07, 6.45) is 5.23. The highest BCUT2D eigenvalue weighted by molar-refractivity contribution is 5.51. The lowest BCUT2D eigenvalue weighted by molar-refractivity contribution is 0.264. The lowest BCUT2D eigenvalue weighted by Crippen LogP contribution is -2.31. The zero-order chi connectivity index (χ0) is 14.4. The van der Waals surface area contributed by atoms with Crippen LogP contribution in [-0.4, -0.2) is 0 Å². The summed E-state index contributed by atoms with van der Waals surface area (Å²) in [5.74, 6) is 0. The molecule has 0 radical (unpaired) electrons. The molecule has 1 saturated carbocycles. The maximum Gasteiger partial charge on any atom is 0.0354 e. The zero-order valence-corrected chi connectivity index (χ0v) is 13.5. The van der Waals surface area contributed by atoms with Crippen molar-refractivity contribution in [2.24, 2.45) is 11.1 Å². The summed E-state index contributed by atoms with van der Waals surface area (Å²) in [4.78, 5) is 0. The van der Waals surface area contributed by atoms with Crippen LogP contribution in [0.15, 0.2) is 0 Å². The van der Waals surface area contributed by atoms with Crippen molar-refractivity contribution in [3.05, 3.63) is 33.4 Å². The van der Waals surface area contributed by atoms with Gasteiger partial charge in [0.25, 0.3) is 0 Å². The average molecular weight is 259 g/mol. The maximum atomic E-state index is 6.72. The summed E-state index contributed by atoms with van der Waals surface area (Å²) in [5, 5.41) is 0. The summed E-state index contributed by atoms with van der Waals surface area (Å²) < 4.78 is 0. The number of benzene rings is 1. The van der Waals surface area contributed by atoms with E-state index in [-0.39, 0.29) is 6.04 Å². The molecule has 1 unspecified atom stereocenters. The molecule has 0 aromatic heterocycles. The molecule has 1 aliphatic carbocycles. The van der Waals surface area contributed by atoms with E-state index in [0.717, 1.165) is 0 Å². The van der Waals surface area contributed by atoms with Crippen LogP contribution in [0.25, 0.3) is 0 Å². The number of hydrogen-bond donors (Lipinski definition) is 1. The van der Waals surface area contributed by atoms with Gasteiger partial charge in [-0.3, -0.25) is 0 Å². The van der Waals surface area contributed by atoms with E-state index in [1.807, 2.05) is 0 Å². The van der Waals surface area contributed by atoms with E-state index in [4.69, 9.17) is 5.73 Å². The van der Waals surface area contributed by atoms with E-state index in [2.05, 4.69) is 41.5 Å². The standard InChI is InChI=1S/C18H29N/c1-11-12(2)14(4)16(15(5)13(11)3)17(19)18(6)9-7-8-10-18/h17H,7-10,19H2,1-6H3. The fourth-order valence-corrected chi connectivity index (χ4v) is 3.84. The van der Waals surface area contributed by atoms with Crippen molar-refractivity contribution >= 4 is 0 Å². The monoisotopic (exact) mass is 259 g/mol. The summed E-state index contributed by atoms with van der Waals surface area (Å²) in [5.41, 5.74) is 15.6. The van der Waals surface area contributed by atoms with Gasteiger partial charge in [-0.25, -0.2) is 0 Å². The highest BCUT2D eigenvalue weighted by Gasteiger charge is 2.37. The fourth-order valence-electron chi connectivity index (χ4n) is 3.84. The maximum absolute atomic E-state index is 6.72. The molecule has 1 aliphatic rings. The minimum Gasteiger partial charge on any atom is -0.323 e. The predicted molar refractivity (Wildman–Crippen MR) is 83.6 cm³/mol. The Bertz CT molecular complexity index is 464. The molecule has 0 spiro atoms. The van der Waals surface area contributed by atoms with Crippen molar-refractivity contribution in [2.45, 2.75) is 73.3 Å². The van der Waals surface area contributed by atoms with Crippen LogP contribution in [0.2, 0.25) is 0 Å². The van der Waals surface area contributed by atoms with E-state index in [1.165, 1.54) is 59.1 Å². The van der Waals surface area contributed by atoms with Gasteiger partial charge in [0.05, 0.1) is 0 Å². The van der Waals surface area contributed by atoms with Gasteiger partial charge in [0.2, 0.25) is 0 Å². The van der Waals surface area contributed by atoms with Gasteiger partial charge in [-0.05, 0) is 86.3 Å². The second kappa shape index (κ2) is 4.94. The molecule has 0 aliphatic heterocycles. The lowest BCUT2D eigenvalue weighted by Gasteiger charge is -2.35. The predicted octanol–water partition coefficient (Wildman–Crippen LogP) is 4.81. The van der Waals surface area contributed by atoms with Crippen LogP contribution in [0.1, 0.15) is 72.0 Å². The topological polar surface area (TPSA) is 26.0 Å². The van der Waals surface area contributed by atoms with Crippen LogP contribution in [0.3, 0.4) is 0 Å². The van der Waals surface area contributed by atoms with Crippen LogP contribution in [-0.2, 0) is 0 Å². The smallest absolute Gasteiger partial charge is 0.0354 e. The van der Waals surface area contributed by atoms with Gasteiger partial charge >= 0.3 is 0 Å². The van der Waals surface area contributed by atoms with Gasteiger partial charge < -0.3 is 5.73 Å². The van der Waals surface area contributed by atoms with Gasteiger partial charge in [0.15, 0.2) is 0 Å². The molecular formula is C18H29N. The Morgan fingerprint density at radius 3 is 1.58 bits per heavy atom. The molecule has 0 saturated heterocycles. The van der Waals surface area contributed by atoms with Crippen molar-refractivity contribution in [2.75, 3.05) is 0 Å². The first-order valence-corrected chi connectivity index (χ1v) is 7.62. The zero-order valence-electron chi connectivity index (χ0n) is 13.5. The van der Waals surface area contributed by atoms with Crippen molar-refractivity contribution in [1.29, 1.82) is 0 Å². The molecule has 2 rings (SSSR count). The first-order valence-electron chi connectivity index (χ1n) is 7.62. The van der Waals surface area contributed by atoms with Crippen molar-refractivity contribution in [3.8, 4) is 0 Å². The van der Waals surface area contributed by atoms with Gasteiger partial charge in [0, 0.05) is 6.04 Å². The number of hydrogen-bond acceptors (Lipinski definition) is 1. The Labute approximate surface area is 118 Å². The second-order valence-electron chi connectivity index (χ2n) is 6.88. The van der Waals surface area contributed by atoms with E-state index in [1.54, 1.807) is 0 Å². The highest BCUT2D eigenvalue weighted by Crippen LogP contribution is 2.48. The van der Waals surface area contributed by atoms with Crippen molar-refractivity contribution < 1.29 is 0 Å². The van der Waals surface area contributed by atoms with Crippen molar-refractivity contribution in [3.63, 3.8) is 0 Å². The molecule has 1 heteroatoms. The molecule has 0 amide bonds. The molecule has 1 atom stereocenters. The molecular weight excluding hydrogens is 230 g/mol. The summed E-state index contributed by atoms with van der Waals surface area (Å²) in [7, 11) is 0. The molecule has 0 heterocycles. The third-order valence-electron chi connectivity index (χ3n) is 5.87. The normalized spacial score (nSPS) is 19.7. The number of nitrogens with two attached hydrogens (primary N) is 1. The fraction of sp³-hybridized carbons (Fsp3) is 0.667. The summed E-state index contributed by atoms with van der Waals surface area (Å²) >= 11 is 0. The average Bonchev–Trinajstić information content (AvgIpc) is 2.82. The SMILES string of the molecule is Cc1c(C)c(C)c(C(N)C2(C)CCCC2)c(C)c1C. The Balaban J connectivity index is 2.56. The third-order valence-corrected chi connectivity index (χ3v) is 5.87. The van der Waals surface area contributed by atoms with Gasteiger partial charge in [-0.15, -0.1) is 0 Å². The highest BCUT2D eigenvalue weighted by atomic mass is 14.7. The molecule has 19 heavy (non-hydrogen) atoms. The first kappa shape index (κ1) is 14.6. The van der Waals surface area contributed by atoms with E-state index < -0.39 is 0 Å². The molecule has 1 fully saturated rings. The van der Waals surface area contributed by atoms with Crippen LogP contribution in [0.4, 0.5) is 0 Å². The Hall–Kier alpha value is -0.820. The molecule has 1 aromatic carbocycles. The van der Waals surface area contributed by atoms with Gasteiger partial charge in [-0.2, -0.15) is 0 Å². The molecule has 2 N–H and O–H groups in total. The van der Waals surface area contributed by atoms with Crippen LogP contribution < -0.4 is 5.73 Å². The quantitative estimate of drug-likeness (QED) is 0.810. The minimum atomic E-state index is 0.188. The summed E-state index contributed by atoms with van der Waals surface area (Å²) in [6, 6.07) is 0.188. The van der Waals surface area contributed by atoms with Gasteiger partial charge in [0.1, 0.15) is 0 Å². The van der Waals surface area contributed by atoms with Crippen molar-refractivity contribution in [1.82, 2.24) is 0 Å². The summed E-state index contributed by atoms with van der Waals surface area (Å²) in [6.45, 7) is 13.6. The second-order valence-corrected chi connectivity index (χ2v) is 6.88. The first-order chi connectivity index (χ1) is 8.79.